The van der Waals surface area contributed by atoms with E-state index < -0.39 is 0 Å². The van der Waals surface area contributed by atoms with Gasteiger partial charge in [0, 0.05) is 5.56 Å². The third-order valence-electron chi connectivity index (χ3n) is 3.73. The molecule has 0 aromatic heterocycles. The lowest BCUT2D eigenvalue weighted by atomic mass is 10.0. The number of aromatic hydroxyl groups is 1. The molecule has 21 heavy (non-hydrogen) atoms. The molecule has 0 heterocycles. The van der Waals surface area contributed by atoms with Gasteiger partial charge in [-0.25, -0.2) is 0 Å². The summed E-state index contributed by atoms with van der Waals surface area (Å²) in [6.45, 7) is 2.08. The SMILES string of the molecule is Cc1ccc(/C=C/Cc2c(O)ccc3ccccc23)cc1. The van der Waals surface area contributed by atoms with Crippen molar-refractivity contribution in [1.29, 1.82) is 0 Å². The summed E-state index contributed by atoms with van der Waals surface area (Å²) in [5.74, 6) is 0.363. The van der Waals surface area contributed by atoms with E-state index in [4.69, 9.17) is 0 Å². The molecular weight excluding hydrogens is 256 g/mol. The van der Waals surface area contributed by atoms with E-state index in [0.717, 1.165) is 22.8 Å². The molecule has 104 valence electrons. The third-order valence-corrected chi connectivity index (χ3v) is 3.73. The summed E-state index contributed by atoms with van der Waals surface area (Å²) >= 11 is 0. The molecule has 0 aliphatic carbocycles. The van der Waals surface area contributed by atoms with E-state index in [1.807, 2.05) is 18.2 Å². The summed E-state index contributed by atoms with van der Waals surface area (Å²) in [5, 5.41) is 12.4. The Morgan fingerprint density at radius 3 is 2.48 bits per heavy atom. The van der Waals surface area contributed by atoms with Gasteiger partial charge in [0.05, 0.1) is 0 Å². The molecule has 1 N–H and O–H groups in total. The lowest BCUT2D eigenvalue weighted by molar-refractivity contribution is 0.471. The highest BCUT2D eigenvalue weighted by Crippen LogP contribution is 2.27. The number of aryl methyl sites for hydroxylation is 1. The third kappa shape index (κ3) is 2.97. The summed E-state index contributed by atoms with van der Waals surface area (Å²) in [5.41, 5.74) is 3.43. The second-order valence-electron chi connectivity index (χ2n) is 5.30. The van der Waals surface area contributed by atoms with Gasteiger partial charge in [-0.15, -0.1) is 0 Å². The first-order chi connectivity index (χ1) is 10.2. The minimum atomic E-state index is 0.363. The molecule has 3 aromatic rings. The molecule has 3 rings (SSSR count). The summed E-state index contributed by atoms with van der Waals surface area (Å²) in [6, 6.07) is 20.3. The molecule has 1 heteroatoms. The number of fused-ring (bicyclic) bond motifs is 1. The van der Waals surface area contributed by atoms with Crippen LogP contribution in [0.2, 0.25) is 0 Å². The summed E-state index contributed by atoms with van der Waals surface area (Å²) in [7, 11) is 0. The van der Waals surface area contributed by atoms with Gasteiger partial charge in [-0.05, 0) is 35.7 Å². The zero-order chi connectivity index (χ0) is 14.7. The van der Waals surface area contributed by atoms with Gasteiger partial charge in [0.2, 0.25) is 0 Å². The molecule has 0 amide bonds. The van der Waals surface area contributed by atoms with E-state index in [0.29, 0.717) is 5.75 Å². The van der Waals surface area contributed by atoms with Crippen molar-refractivity contribution < 1.29 is 5.11 Å². The largest absolute Gasteiger partial charge is 0.508 e. The number of rotatable bonds is 3. The first kappa shape index (κ1) is 13.4. The highest BCUT2D eigenvalue weighted by molar-refractivity contribution is 5.87. The van der Waals surface area contributed by atoms with Gasteiger partial charge in [-0.3, -0.25) is 0 Å². The molecule has 0 aliphatic heterocycles. The zero-order valence-corrected chi connectivity index (χ0v) is 12.1. The summed E-state index contributed by atoms with van der Waals surface area (Å²) in [6.07, 6.45) is 4.92. The van der Waals surface area contributed by atoms with Crippen LogP contribution in [0.25, 0.3) is 16.8 Å². The lowest BCUT2D eigenvalue weighted by Gasteiger charge is -2.07. The zero-order valence-electron chi connectivity index (χ0n) is 12.1. The van der Waals surface area contributed by atoms with Crippen molar-refractivity contribution in [2.75, 3.05) is 0 Å². The van der Waals surface area contributed by atoms with Gasteiger partial charge in [-0.2, -0.15) is 0 Å². The van der Waals surface area contributed by atoms with Crippen molar-refractivity contribution in [1.82, 2.24) is 0 Å². The fraction of sp³-hybridized carbons (Fsp3) is 0.100. The van der Waals surface area contributed by atoms with Crippen molar-refractivity contribution in [2.45, 2.75) is 13.3 Å². The molecule has 0 unspecified atom stereocenters. The van der Waals surface area contributed by atoms with Crippen molar-refractivity contribution in [3.63, 3.8) is 0 Å². The maximum absolute atomic E-state index is 10.1. The van der Waals surface area contributed by atoms with Crippen LogP contribution < -0.4 is 0 Å². The first-order valence-corrected chi connectivity index (χ1v) is 7.17. The average Bonchev–Trinajstić information content (AvgIpc) is 2.51. The van der Waals surface area contributed by atoms with Crippen LogP contribution in [0, 0.1) is 6.92 Å². The van der Waals surface area contributed by atoms with Gasteiger partial charge in [0.25, 0.3) is 0 Å². The number of phenolic OH excluding ortho intramolecular Hbond substituents is 1. The van der Waals surface area contributed by atoms with Crippen LogP contribution in [-0.2, 0) is 6.42 Å². The molecule has 0 spiro atoms. The second-order valence-corrected chi connectivity index (χ2v) is 5.30. The predicted molar refractivity (Wildman–Crippen MR) is 89.5 cm³/mol. The van der Waals surface area contributed by atoms with Crippen LogP contribution in [-0.4, -0.2) is 5.11 Å². The Kier molecular flexibility index (Phi) is 3.74. The van der Waals surface area contributed by atoms with E-state index in [9.17, 15) is 5.11 Å². The molecule has 3 aromatic carbocycles. The van der Waals surface area contributed by atoms with Gasteiger partial charge in [0.1, 0.15) is 5.75 Å². The van der Waals surface area contributed by atoms with Crippen molar-refractivity contribution in [3.05, 3.63) is 83.4 Å². The van der Waals surface area contributed by atoms with Gasteiger partial charge in [0.15, 0.2) is 0 Å². The number of hydrogen-bond donors (Lipinski definition) is 1. The van der Waals surface area contributed by atoms with E-state index in [1.165, 1.54) is 11.1 Å². The Balaban J connectivity index is 1.88. The molecular formula is C20H18O. The molecule has 0 saturated heterocycles. The molecule has 0 saturated carbocycles. The lowest BCUT2D eigenvalue weighted by Crippen LogP contribution is -1.86. The van der Waals surface area contributed by atoms with Crippen LogP contribution in [0.5, 0.6) is 5.75 Å². The van der Waals surface area contributed by atoms with Crippen molar-refractivity contribution in [2.24, 2.45) is 0 Å². The Morgan fingerprint density at radius 1 is 0.905 bits per heavy atom. The predicted octanol–water partition coefficient (Wildman–Crippen LogP) is 5.11. The standard InChI is InChI=1S/C20H18O/c1-15-9-11-16(12-10-15)5-4-8-19-18-7-3-2-6-17(18)13-14-20(19)21/h2-7,9-14,21H,8H2,1H3/b5-4+. The van der Waals surface area contributed by atoms with Crippen LogP contribution in [0.4, 0.5) is 0 Å². The molecule has 0 fully saturated rings. The minimum Gasteiger partial charge on any atom is -0.508 e. The van der Waals surface area contributed by atoms with Gasteiger partial charge >= 0.3 is 0 Å². The van der Waals surface area contributed by atoms with Crippen LogP contribution in [0.3, 0.4) is 0 Å². The number of phenols is 1. The number of allylic oxidation sites excluding steroid dienone is 1. The van der Waals surface area contributed by atoms with E-state index in [2.05, 4.69) is 55.5 Å². The van der Waals surface area contributed by atoms with Crippen molar-refractivity contribution >= 4 is 16.8 Å². The fourth-order valence-electron chi connectivity index (χ4n) is 2.53. The Bertz CT molecular complexity index is 783. The fourth-order valence-corrected chi connectivity index (χ4v) is 2.53. The molecule has 0 bridgehead atoms. The quantitative estimate of drug-likeness (QED) is 0.703. The maximum Gasteiger partial charge on any atom is 0.119 e. The van der Waals surface area contributed by atoms with E-state index in [1.54, 1.807) is 6.07 Å². The average molecular weight is 274 g/mol. The Hall–Kier alpha value is -2.54. The monoisotopic (exact) mass is 274 g/mol. The van der Waals surface area contributed by atoms with Crippen LogP contribution >= 0.6 is 0 Å². The van der Waals surface area contributed by atoms with E-state index >= 15 is 0 Å². The highest BCUT2D eigenvalue weighted by Gasteiger charge is 2.04. The molecule has 0 radical (unpaired) electrons. The van der Waals surface area contributed by atoms with Gasteiger partial charge < -0.3 is 5.11 Å². The number of benzene rings is 3. The topological polar surface area (TPSA) is 20.2 Å². The highest BCUT2D eigenvalue weighted by atomic mass is 16.3. The maximum atomic E-state index is 10.1. The first-order valence-electron chi connectivity index (χ1n) is 7.17. The number of hydrogen-bond acceptors (Lipinski definition) is 1. The molecule has 0 atom stereocenters. The summed E-state index contributed by atoms with van der Waals surface area (Å²) < 4.78 is 0. The van der Waals surface area contributed by atoms with Crippen LogP contribution in [0.15, 0.2) is 66.7 Å². The molecule has 0 aliphatic rings. The summed E-state index contributed by atoms with van der Waals surface area (Å²) in [4.78, 5) is 0. The van der Waals surface area contributed by atoms with Gasteiger partial charge in [-0.1, -0.05) is 72.3 Å². The normalized spacial score (nSPS) is 11.3. The molecule has 1 nitrogen and oxygen atoms in total. The Morgan fingerprint density at radius 2 is 1.67 bits per heavy atom. The van der Waals surface area contributed by atoms with E-state index in [-0.39, 0.29) is 0 Å². The smallest absolute Gasteiger partial charge is 0.119 e. The Labute approximate surface area is 125 Å². The second kappa shape index (κ2) is 5.84. The van der Waals surface area contributed by atoms with Crippen LogP contribution in [0.1, 0.15) is 16.7 Å². The van der Waals surface area contributed by atoms with Crippen molar-refractivity contribution in [3.8, 4) is 5.75 Å². The minimum absolute atomic E-state index is 0.363.